The van der Waals surface area contributed by atoms with Crippen LogP contribution in [0.15, 0.2) is 6.07 Å². The van der Waals surface area contributed by atoms with Crippen LogP contribution in [0.5, 0.6) is 0 Å². The van der Waals surface area contributed by atoms with Crippen molar-refractivity contribution in [2.45, 2.75) is 19.4 Å². The van der Waals surface area contributed by atoms with Crippen molar-refractivity contribution in [3.63, 3.8) is 0 Å². The Bertz CT molecular complexity index is 480. The van der Waals surface area contributed by atoms with Gasteiger partial charge in [-0.15, -0.1) is 0 Å². The maximum Gasteiger partial charge on any atom is 0.328 e. The van der Waals surface area contributed by atoms with Gasteiger partial charge in [-0.25, -0.2) is 4.79 Å². The Morgan fingerprint density at radius 2 is 1.94 bits per heavy atom. The third-order valence-corrected chi connectivity index (χ3v) is 3.15. The van der Waals surface area contributed by atoms with Gasteiger partial charge in [0.2, 0.25) is 0 Å². The lowest BCUT2D eigenvalue weighted by molar-refractivity contribution is -0.143. The summed E-state index contributed by atoms with van der Waals surface area (Å²) in [6.07, 6.45) is 0. The zero-order valence-electron chi connectivity index (χ0n) is 9.54. The number of aromatic nitrogens is 1. The normalized spacial score (nSPS) is 11.4. The number of halogens is 2. The van der Waals surface area contributed by atoms with Gasteiger partial charge in [-0.05, 0) is 19.9 Å². The zero-order chi connectivity index (χ0) is 13.4. The average Bonchev–Trinajstić information content (AvgIpc) is 2.45. The Kier molecular flexibility index (Phi) is 3.74. The Hall–Kier alpha value is -1.20. The molecule has 0 aliphatic rings. The lowest BCUT2D eigenvalue weighted by atomic mass is 10.1. The summed E-state index contributed by atoms with van der Waals surface area (Å²) in [5, 5.41) is 11.7. The highest BCUT2D eigenvalue weighted by molar-refractivity contribution is 6.41. The van der Waals surface area contributed by atoms with E-state index in [1.165, 1.54) is 24.5 Å². The summed E-state index contributed by atoms with van der Waals surface area (Å²) in [4.78, 5) is 22.7. The van der Waals surface area contributed by atoms with E-state index in [0.29, 0.717) is 0 Å². The minimum Gasteiger partial charge on any atom is -0.480 e. The molecule has 7 heteroatoms. The van der Waals surface area contributed by atoms with Crippen LogP contribution < -0.4 is 5.32 Å². The molecular formula is C10H12Cl2N2O3. The number of aliphatic carboxylic acids is 1. The third kappa shape index (κ3) is 2.73. The number of rotatable bonds is 3. The van der Waals surface area contributed by atoms with Crippen LogP contribution in [0.4, 0.5) is 0 Å². The van der Waals surface area contributed by atoms with E-state index < -0.39 is 17.4 Å². The SMILES string of the molecule is Cn1c(C(=O)NC(C)(C)C(=O)O)cc(Cl)c1Cl. The highest BCUT2D eigenvalue weighted by atomic mass is 35.5. The van der Waals surface area contributed by atoms with Crippen LogP contribution in [0.1, 0.15) is 24.3 Å². The smallest absolute Gasteiger partial charge is 0.328 e. The van der Waals surface area contributed by atoms with E-state index in [2.05, 4.69) is 5.32 Å². The standard InChI is InChI=1S/C10H12Cl2N2O3/c1-10(2,9(16)17)13-8(15)6-4-5(11)7(12)14(6)3/h4H,1-3H3,(H,13,15)(H,16,17). The van der Waals surface area contributed by atoms with Crippen molar-refractivity contribution < 1.29 is 14.7 Å². The van der Waals surface area contributed by atoms with Crippen LogP contribution in [-0.2, 0) is 11.8 Å². The largest absolute Gasteiger partial charge is 0.480 e. The number of hydrogen-bond acceptors (Lipinski definition) is 2. The van der Waals surface area contributed by atoms with Gasteiger partial charge < -0.3 is 15.0 Å². The number of carbonyl (C=O) groups is 2. The van der Waals surface area contributed by atoms with E-state index in [9.17, 15) is 9.59 Å². The van der Waals surface area contributed by atoms with Crippen LogP contribution in [0.2, 0.25) is 10.2 Å². The Morgan fingerprint density at radius 3 is 2.29 bits per heavy atom. The van der Waals surface area contributed by atoms with Gasteiger partial charge in [-0.1, -0.05) is 23.2 Å². The van der Waals surface area contributed by atoms with E-state index in [0.717, 1.165) is 0 Å². The Labute approximate surface area is 108 Å². The summed E-state index contributed by atoms with van der Waals surface area (Å²) in [7, 11) is 1.57. The number of carboxylic acids is 1. The lowest BCUT2D eigenvalue weighted by Gasteiger charge is -2.21. The molecule has 0 saturated heterocycles. The first-order valence-electron chi connectivity index (χ1n) is 4.73. The van der Waals surface area contributed by atoms with Gasteiger partial charge in [-0.3, -0.25) is 4.79 Å². The number of nitrogens with one attached hydrogen (secondary N) is 1. The second-order valence-electron chi connectivity index (χ2n) is 4.11. The molecule has 94 valence electrons. The van der Waals surface area contributed by atoms with Gasteiger partial charge >= 0.3 is 5.97 Å². The minimum atomic E-state index is -1.36. The van der Waals surface area contributed by atoms with Crippen molar-refractivity contribution in [2.24, 2.45) is 7.05 Å². The van der Waals surface area contributed by atoms with Gasteiger partial charge in [-0.2, -0.15) is 0 Å². The van der Waals surface area contributed by atoms with Crippen LogP contribution >= 0.6 is 23.2 Å². The molecule has 0 unspecified atom stereocenters. The molecule has 1 aromatic rings. The predicted molar refractivity (Wildman–Crippen MR) is 64.6 cm³/mol. The van der Waals surface area contributed by atoms with Crippen molar-refractivity contribution >= 4 is 35.1 Å². The number of carboxylic acid groups (broad SMARTS) is 1. The molecule has 0 atom stereocenters. The van der Waals surface area contributed by atoms with Crippen LogP contribution in [0, 0.1) is 0 Å². The summed E-state index contributed by atoms with van der Waals surface area (Å²) < 4.78 is 1.39. The second kappa shape index (κ2) is 4.58. The van der Waals surface area contributed by atoms with Gasteiger partial charge in [0.05, 0.1) is 5.02 Å². The third-order valence-electron chi connectivity index (χ3n) is 2.31. The molecule has 0 aliphatic heterocycles. The molecule has 1 rings (SSSR count). The fraction of sp³-hybridized carbons (Fsp3) is 0.400. The molecule has 0 radical (unpaired) electrons. The molecule has 1 aromatic heterocycles. The van der Waals surface area contributed by atoms with E-state index >= 15 is 0 Å². The average molecular weight is 279 g/mol. The maximum absolute atomic E-state index is 11.8. The summed E-state index contributed by atoms with van der Waals surface area (Å²) in [6.45, 7) is 2.78. The van der Waals surface area contributed by atoms with Crippen molar-refractivity contribution in [1.29, 1.82) is 0 Å². The van der Waals surface area contributed by atoms with Crippen LogP contribution in [-0.4, -0.2) is 27.1 Å². The maximum atomic E-state index is 11.8. The van der Waals surface area contributed by atoms with E-state index in [-0.39, 0.29) is 15.9 Å². The van der Waals surface area contributed by atoms with E-state index in [1.807, 2.05) is 0 Å². The molecule has 1 amide bonds. The Balaban J connectivity index is 2.99. The minimum absolute atomic E-state index is 0.203. The first-order chi connectivity index (χ1) is 7.66. The predicted octanol–water partition coefficient (Wildman–Crippen LogP) is 1.92. The summed E-state index contributed by atoms with van der Waals surface area (Å²) in [5.74, 6) is -1.68. The lowest BCUT2D eigenvalue weighted by Crippen LogP contribution is -2.50. The topological polar surface area (TPSA) is 71.3 Å². The van der Waals surface area contributed by atoms with Crippen LogP contribution in [0.25, 0.3) is 0 Å². The number of amides is 1. The summed E-state index contributed by atoms with van der Waals surface area (Å²) >= 11 is 11.6. The molecule has 0 spiro atoms. The fourth-order valence-electron chi connectivity index (χ4n) is 1.16. The number of carbonyl (C=O) groups excluding carboxylic acids is 1. The van der Waals surface area contributed by atoms with Gasteiger partial charge in [0.25, 0.3) is 5.91 Å². The van der Waals surface area contributed by atoms with Crippen LogP contribution in [0.3, 0.4) is 0 Å². The molecule has 2 N–H and O–H groups in total. The number of nitrogens with zero attached hydrogens (tertiary/aromatic N) is 1. The van der Waals surface area contributed by atoms with Crippen molar-refractivity contribution in [3.8, 4) is 0 Å². The molecule has 0 fully saturated rings. The summed E-state index contributed by atoms with van der Waals surface area (Å²) in [6, 6.07) is 1.39. The van der Waals surface area contributed by atoms with Crippen molar-refractivity contribution in [3.05, 3.63) is 21.9 Å². The molecule has 5 nitrogen and oxygen atoms in total. The van der Waals surface area contributed by atoms with Gasteiger partial charge in [0, 0.05) is 7.05 Å². The fourth-order valence-corrected chi connectivity index (χ4v) is 1.54. The first kappa shape index (κ1) is 13.9. The molecule has 0 aliphatic carbocycles. The molecule has 1 heterocycles. The molecule has 0 bridgehead atoms. The molecular weight excluding hydrogens is 267 g/mol. The van der Waals surface area contributed by atoms with Crippen molar-refractivity contribution in [2.75, 3.05) is 0 Å². The van der Waals surface area contributed by atoms with E-state index in [1.54, 1.807) is 7.05 Å². The first-order valence-corrected chi connectivity index (χ1v) is 5.49. The molecule has 0 aromatic carbocycles. The zero-order valence-corrected chi connectivity index (χ0v) is 11.1. The highest BCUT2D eigenvalue weighted by Gasteiger charge is 2.30. The second-order valence-corrected chi connectivity index (χ2v) is 4.88. The molecule has 0 saturated carbocycles. The highest BCUT2D eigenvalue weighted by Crippen LogP contribution is 2.25. The summed E-state index contributed by atoms with van der Waals surface area (Å²) in [5.41, 5.74) is -1.16. The molecule has 17 heavy (non-hydrogen) atoms. The Morgan fingerprint density at radius 1 is 1.41 bits per heavy atom. The number of hydrogen-bond donors (Lipinski definition) is 2. The van der Waals surface area contributed by atoms with Gasteiger partial charge in [0.1, 0.15) is 16.4 Å². The quantitative estimate of drug-likeness (QED) is 0.888. The monoisotopic (exact) mass is 278 g/mol. The van der Waals surface area contributed by atoms with Gasteiger partial charge in [0.15, 0.2) is 0 Å². The van der Waals surface area contributed by atoms with Crippen molar-refractivity contribution in [1.82, 2.24) is 9.88 Å². The van der Waals surface area contributed by atoms with E-state index in [4.69, 9.17) is 28.3 Å².